The van der Waals surface area contributed by atoms with Gasteiger partial charge in [0.1, 0.15) is 5.82 Å². The Hall–Kier alpha value is -2.09. The number of guanidine groups is 1. The van der Waals surface area contributed by atoms with Crippen LogP contribution in [0, 0.1) is 5.82 Å². The average molecular weight is 478 g/mol. The largest absolute Gasteiger partial charge is 0.357 e. The lowest BCUT2D eigenvalue weighted by atomic mass is 9.95. The number of aliphatic imine (C=N–C) groups is 1. The minimum atomic E-state index is -0.118. The van der Waals surface area contributed by atoms with Crippen molar-refractivity contribution in [3.63, 3.8) is 0 Å². The van der Waals surface area contributed by atoms with Gasteiger partial charge >= 0.3 is 0 Å². The number of nitrogens with zero attached hydrogens (tertiary/aromatic N) is 1. The normalized spacial score (nSPS) is 15.3. The molecule has 3 N–H and O–H groups in total. The van der Waals surface area contributed by atoms with Crippen molar-refractivity contribution in [3.05, 3.63) is 71.7 Å². The molecule has 0 spiro atoms. The third-order valence-corrected chi connectivity index (χ3v) is 5.15. The molecule has 1 saturated carbocycles. The Balaban J connectivity index is 0.00000210. The van der Waals surface area contributed by atoms with E-state index in [1.165, 1.54) is 5.39 Å². The van der Waals surface area contributed by atoms with Crippen molar-refractivity contribution in [2.45, 2.75) is 24.8 Å². The second-order valence-corrected chi connectivity index (χ2v) is 6.92. The van der Waals surface area contributed by atoms with Crippen molar-refractivity contribution >= 4 is 40.8 Å². The molecular formula is C21H24FIN4. The molecule has 1 aliphatic carbocycles. The zero-order chi connectivity index (χ0) is 18.0. The van der Waals surface area contributed by atoms with Crippen LogP contribution in [0.5, 0.6) is 0 Å². The van der Waals surface area contributed by atoms with Crippen molar-refractivity contribution in [1.82, 2.24) is 15.6 Å². The Bertz CT molecular complexity index is 913. The van der Waals surface area contributed by atoms with Gasteiger partial charge in [0, 0.05) is 30.2 Å². The second kappa shape index (κ2) is 8.29. The standard InChI is InChI=1S/C21H23FN4.HI/c1-23-20(24-13-16-12-15-6-2-5-9-19(15)26-16)25-14-21(10-11-21)17-7-3-4-8-18(17)22;/h2-9,12,26H,10-11,13-14H2,1H3,(H2,23,24,25);1H. The number of aromatic amines is 1. The van der Waals surface area contributed by atoms with E-state index in [0.29, 0.717) is 13.1 Å². The molecule has 0 aliphatic heterocycles. The number of H-pyrrole nitrogens is 1. The molecule has 0 atom stereocenters. The number of aromatic nitrogens is 1. The monoisotopic (exact) mass is 478 g/mol. The van der Waals surface area contributed by atoms with Gasteiger partial charge in [-0.25, -0.2) is 4.39 Å². The second-order valence-electron chi connectivity index (χ2n) is 6.92. The molecule has 6 heteroatoms. The van der Waals surface area contributed by atoms with Crippen LogP contribution in [0.15, 0.2) is 59.6 Å². The molecule has 0 radical (unpaired) electrons. The van der Waals surface area contributed by atoms with Crippen LogP contribution in [-0.2, 0) is 12.0 Å². The predicted octanol–water partition coefficient (Wildman–Crippen LogP) is 4.32. The molecule has 0 amide bonds. The molecule has 2 aromatic carbocycles. The molecule has 4 rings (SSSR count). The van der Waals surface area contributed by atoms with Crippen LogP contribution in [0.2, 0.25) is 0 Å². The maximum Gasteiger partial charge on any atom is 0.191 e. The highest BCUT2D eigenvalue weighted by molar-refractivity contribution is 14.0. The van der Waals surface area contributed by atoms with Crippen LogP contribution in [0.3, 0.4) is 0 Å². The van der Waals surface area contributed by atoms with Crippen LogP contribution in [-0.4, -0.2) is 24.5 Å². The number of fused-ring (bicyclic) bond motifs is 1. The highest BCUT2D eigenvalue weighted by Crippen LogP contribution is 2.48. The first-order valence-corrected chi connectivity index (χ1v) is 8.96. The lowest BCUT2D eigenvalue weighted by molar-refractivity contribution is 0.559. The van der Waals surface area contributed by atoms with Gasteiger partial charge in [0.25, 0.3) is 0 Å². The SMILES string of the molecule is CN=C(NCc1cc2ccccc2[nH]1)NCC1(c2ccccc2F)CC1.I. The van der Waals surface area contributed by atoms with E-state index in [2.05, 4.69) is 38.8 Å². The number of halogens is 2. The predicted molar refractivity (Wildman–Crippen MR) is 119 cm³/mol. The zero-order valence-electron chi connectivity index (χ0n) is 15.3. The van der Waals surface area contributed by atoms with Gasteiger partial charge in [-0.3, -0.25) is 4.99 Å². The molecule has 1 heterocycles. The summed E-state index contributed by atoms with van der Waals surface area (Å²) in [6.45, 7) is 1.33. The van der Waals surface area contributed by atoms with E-state index in [9.17, 15) is 4.39 Å². The summed E-state index contributed by atoms with van der Waals surface area (Å²) in [4.78, 5) is 7.69. The smallest absolute Gasteiger partial charge is 0.191 e. The van der Waals surface area contributed by atoms with Gasteiger partial charge in [-0.2, -0.15) is 0 Å². The van der Waals surface area contributed by atoms with Gasteiger partial charge in [0.2, 0.25) is 0 Å². The van der Waals surface area contributed by atoms with Crippen molar-refractivity contribution in [1.29, 1.82) is 0 Å². The fraction of sp³-hybridized carbons (Fsp3) is 0.286. The van der Waals surface area contributed by atoms with Gasteiger partial charge in [-0.05, 0) is 42.0 Å². The number of para-hydroxylation sites is 1. The first-order chi connectivity index (χ1) is 12.7. The minimum absolute atomic E-state index is 0. The highest BCUT2D eigenvalue weighted by Gasteiger charge is 2.45. The summed E-state index contributed by atoms with van der Waals surface area (Å²) >= 11 is 0. The van der Waals surface area contributed by atoms with Crippen molar-refractivity contribution in [2.24, 2.45) is 4.99 Å². The van der Waals surface area contributed by atoms with Crippen LogP contribution in [0.25, 0.3) is 10.9 Å². The summed E-state index contributed by atoms with van der Waals surface area (Å²) in [6.07, 6.45) is 2.00. The summed E-state index contributed by atoms with van der Waals surface area (Å²) in [5, 5.41) is 7.89. The van der Waals surface area contributed by atoms with Crippen molar-refractivity contribution in [2.75, 3.05) is 13.6 Å². The van der Waals surface area contributed by atoms with E-state index in [-0.39, 0.29) is 35.2 Å². The number of hydrogen-bond acceptors (Lipinski definition) is 1. The lowest BCUT2D eigenvalue weighted by Crippen LogP contribution is -2.41. The minimum Gasteiger partial charge on any atom is -0.357 e. The molecule has 1 fully saturated rings. The third kappa shape index (κ3) is 4.26. The Morgan fingerprint density at radius 2 is 1.85 bits per heavy atom. The Morgan fingerprint density at radius 1 is 1.11 bits per heavy atom. The van der Waals surface area contributed by atoms with E-state index in [0.717, 1.165) is 35.6 Å². The van der Waals surface area contributed by atoms with E-state index >= 15 is 0 Å². The van der Waals surface area contributed by atoms with Crippen LogP contribution >= 0.6 is 24.0 Å². The fourth-order valence-electron chi connectivity index (χ4n) is 3.46. The highest BCUT2D eigenvalue weighted by atomic mass is 127. The summed E-state index contributed by atoms with van der Waals surface area (Å²) in [5.41, 5.74) is 2.93. The molecule has 0 saturated heterocycles. The topological polar surface area (TPSA) is 52.2 Å². The van der Waals surface area contributed by atoms with Gasteiger partial charge in [-0.15, -0.1) is 24.0 Å². The molecule has 27 heavy (non-hydrogen) atoms. The maximum absolute atomic E-state index is 14.1. The molecule has 0 bridgehead atoms. The Labute approximate surface area is 175 Å². The molecule has 1 aromatic heterocycles. The van der Waals surface area contributed by atoms with Gasteiger partial charge in [0.05, 0.1) is 6.54 Å². The van der Waals surface area contributed by atoms with Gasteiger partial charge < -0.3 is 15.6 Å². The number of benzene rings is 2. The summed E-state index contributed by atoms with van der Waals surface area (Å²) in [6, 6.07) is 17.4. The first-order valence-electron chi connectivity index (χ1n) is 8.96. The first kappa shape index (κ1) is 19.7. The fourth-order valence-corrected chi connectivity index (χ4v) is 3.46. The molecular weight excluding hydrogens is 454 g/mol. The van der Waals surface area contributed by atoms with Crippen molar-refractivity contribution in [3.8, 4) is 0 Å². The number of rotatable bonds is 5. The molecule has 142 valence electrons. The van der Waals surface area contributed by atoms with Crippen molar-refractivity contribution < 1.29 is 4.39 Å². The zero-order valence-corrected chi connectivity index (χ0v) is 17.6. The van der Waals surface area contributed by atoms with Crippen LogP contribution in [0.4, 0.5) is 4.39 Å². The lowest BCUT2D eigenvalue weighted by Gasteiger charge is -2.19. The average Bonchev–Trinajstić information content (AvgIpc) is 3.33. The molecule has 1 aliphatic rings. The number of nitrogens with one attached hydrogen (secondary N) is 3. The van der Waals surface area contributed by atoms with Gasteiger partial charge in [-0.1, -0.05) is 36.4 Å². The Morgan fingerprint density at radius 3 is 2.56 bits per heavy atom. The van der Waals surface area contributed by atoms with E-state index in [1.807, 2.05) is 24.3 Å². The van der Waals surface area contributed by atoms with Crippen LogP contribution in [0.1, 0.15) is 24.1 Å². The summed E-state index contributed by atoms with van der Waals surface area (Å²) < 4.78 is 14.1. The van der Waals surface area contributed by atoms with Gasteiger partial charge in [0.15, 0.2) is 5.96 Å². The van der Waals surface area contributed by atoms with E-state index in [4.69, 9.17) is 0 Å². The number of hydrogen-bond donors (Lipinski definition) is 3. The third-order valence-electron chi connectivity index (χ3n) is 5.15. The maximum atomic E-state index is 14.1. The summed E-state index contributed by atoms with van der Waals surface area (Å²) in [5.74, 6) is 0.610. The summed E-state index contributed by atoms with van der Waals surface area (Å²) in [7, 11) is 1.75. The quantitative estimate of drug-likeness (QED) is 0.291. The Kier molecular flexibility index (Phi) is 6.04. The van der Waals surface area contributed by atoms with E-state index < -0.39 is 0 Å². The van der Waals surface area contributed by atoms with Crippen LogP contribution < -0.4 is 10.6 Å². The molecule has 4 nitrogen and oxygen atoms in total. The molecule has 0 unspecified atom stereocenters. The van der Waals surface area contributed by atoms with E-state index in [1.54, 1.807) is 19.2 Å². The molecule has 3 aromatic rings.